The van der Waals surface area contributed by atoms with Gasteiger partial charge in [-0.15, -0.1) is 0 Å². The van der Waals surface area contributed by atoms with E-state index in [0.717, 1.165) is 12.8 Å². The molecule has 3 N–H and O–H groups in total. The molecule has 1 aliphatic rings. The Bertz CT molecular complexity index is 413. The minimum Gasteiger partial charge on any atom is -0.480 e. The summed E-state index contributed by atoms with van der Waals surface area (Å²) in [6.07, 6.45) is 2.57. The fraction of sp³-hybridized carbons (Fsp3) is 0.786. The zero-order valence-electron chi connectivity index (χ0n) is 12.9. The lowest BCUT2D eigenvalue weighted by Gasteiger charge is -2.37. The van der Waals surface area contributed by atoms with Gasteiger partial charge in [0, 0.05) is 13.6 Å². The number of aliphatic carboxylic acids is 1. The second kappa shape index (κ2) is 7.28. The van der Waals surface area contributed by atoms with Crippen LogP contribution in [0, 0.1) is 5.92 Å². The molecule has 0 heterocycles. The Labute approximate surface area is 125 Å². The maximum Gasteiger partial charge on any atom is 0.329 e. The summed E-state index contributed by atoms with van der Waals surface area (Å²) in [6.45, 7) is 4.23. The topological polar surface area (TPSA) is 98.7 Å². The Balaban J connectivity index is 2.58. The molecule has 2 unspecified atom stereocenters. The third-order valence-electron chi connectivity index (χ3n) is 4.06. The molecule has 0 spiro atoms. The molecule has 1 fully saturated rings. The molecule has 0 saturated heterocycles. The Morgan fingerprint density at radius 2 is 2.05 bits per heavy atom. The fourth-order valence-corrected chi connectivity index (χ4v) is 2.64. The van der Waals surface area contributed by atoms with Crippen LogP contribution in [0.4, 0.5) is 4.79 Å². The van der Waals surface area contributed by atoms with Crippen LogP contribution in [0.25, 0.3) is 0 Å². The number of hydrogen-bond donors (Lipinski definition) is 3. The number of rotatable bonds is 5. The number of carboxylic acids is 1. The smallest absolute Gasteiger partial charge is 0.329 e. The Morgan fingerprint density at radius 1 is 1.38 bits per heavy atom. The lowest BCUT2D eigenvalue weighted by Crippen LogP contribution is -2.59. The second-order valence-corrected chi connectivity index (χ2v) is 5.80. The summed E-state index contributed by atoms with van der Waals surface area (Å²) in [4.78, 5) is 36.5. The summed E-state index contributed by atoms with van der Waals surface area (Å²) in [5.74, 6) is -0.974. The maximum atomic E-state index is 11.9. The van der Waals surface area contributed by atoms with Gasteiger partial charge in [0.25, 0.3) is 0 Å². The van der Waals surface area contributed by atoms with Crippen molar-refractivity contribution < 1.29 is 19.5 Å². The number of nitrogens with zero attached hydrogens (tertiary/aromatic N) is 1. The van der Waals surface area contributed by atoms with Crippen molar-refractivity contribution in [1.82, 2.24) is 15.5 Å². The van der Waals surface area contributed by atoms with Crippen LogP contribution in [0.1, 0.15) is 39.5 Å². The van der Waals surface area contributed by atoms with Crippen molar-refractivity contribution in [3.05, 3.63) is 0 Å². The highest BCUT2D eigenvalue weighted by atomic mass is 16.4. The highest BCUT2D eigenvalue weighted by Crippen LogP contribution is 2.32. The van der Waals surface area contributed by atoms with Crippen molar-refractivity contribution >= 4 is 17.9 Å². The van der Waals surface area contributed by atoms with Crippen molar-refractivity contribution in [2.75, 3.05) is 20.1 Å². The second-order valence-electron chi connectivity index (χ2n) is 5.80. The molecule has 1 rings (SSSR count). The molecule has 1 saturated carbocycles. The van der Waals surface area contributed by atoms with Crippen LogP contribution in [-0.4, -0.2) is 53.6 Å². The first-order valence-corrected chi connectivity index (χ1v) is 7.34. The van der Waals surface area contributed by atoms with Gasteiger partial charge in [-0.2, -0.15) is 0 Å². The van der Waals surface area contributed by atoms with E-state index in [9.17, 15) is 19.5 Å². The molecule has 0 bridgehead atoms. The van der Waals surface area contributed by atoms with E-state index in [1.165, 1.54) is 4.90 Å². The van der Waals surface area contributed by atoms with Crippen LogP contribution in [-0.2, 0) is 9.59 Å². The summed E-state index contributed by atoms with van der Waals surface area (Å²) in [6, 6.07) is -0.607. The standard InChI is InChI=1S/C14H25N3O4/c1-4-17(3)11(18)9-15-13(21)16-14(12(19)20)7-5-6-10(2)8-14/h10H,4-9H2,1-3H3,(H,19,20)(H2,15,16,21). The number of urea groups is 1. The number of nitrogens with one attached hydrogen (secondary N) is 2. The molecule has 7 nitrogen and oxygen atoms in total. The van der Waals surface area contributed by atoms with Crippen molar-refractivity contribution in [2.24, 2.45) is 5.92 Å². The molecule has 21 heavy (non-hydrogen) atoms. The molecule has 0 radical (unpaired) electrons. The molecule has 0 aliphatic heterocycles. The Kier molecular flexibility index (Phi) is 5.99. The lowest BCUT2D eigenvalue weighted by atomic mass is 9.76. The van der Waals surface area contributed by atoms with Crippen molar-refractivity contribution in [1.29, 1.82) is 0 Å². The van der Waals surface area contributed by atoms with Crippen molar-refractivity contribution in [2.45, 2.75) is 45.1 Å². The summed E-state index contributed by atoms with van der Waals surface area (Å²) in [5.41, 5.74) is -1.22. The molecule has 0 aromatic carbocycles. The van der Waals surface area contributed by atoms with E-state index in [0.29, 0.717) is 19.4 Å². The average molecular weight is 299 g/mol. The monoisotopic (exact) mass is 299 g/mol. The van der Waals surface area contributed by atoms with Gasteiger partial charge in [-0.1, -0.05) is 19.8 Å². The van der Waals surface area contributed by atoms with Gasteiger partial charge in [0.2, 0.25) is 5.91 Å². The molecule has 3 amide bonds. The molecule has 120 valence electrons. The third-order valence-corrected chi connectivity index (χ3v) is 4.06. The van der Waals surface area contributed by atoms with Crippen LogP contribution in [0.5, 0.6) is 0 Å². The predicted molar refractivity (Wildman–Crippen MR) is 77.8 cm³/mol. The summed E-state index contributed by atoms with van der Waals surface area (Å²) < 4.78 is 0. The number of carbonyl (C=O) groups is 3. The third kappa shape index (κ3) is 4.61. The quantitative estimate of drug-likeness (QED) is 0.699. The first-order valence-electron chi connectivity index (χ1n) is 7.34. The van der Waals surface area contributed by atoms with E-state index < -0.39 is 17.5 Å². The van der Waals surface area contributed by atoms with Gasteiger partial charge in [-0.25, -0.2) is 9.59 Å². The SMILES string of the molecule is CCN(C)C(=O)CNC(=O)NC1(C(=O)O)CCCC(C)C1. The zero-order valence-corrected chi connectivity index (χ0v) is 12.9. The highest BCUT2D eigenvalue weighted by Gasteiger charge is 2.43. The van der Waals surface area contributed by atoms with E-state index in [2.05, 4.69) is 10.6 Å². The lowest BCUT2D eigenvalue weighted by molar-refractivity contribution is -0.146. The van der Waals surface area contributed by atoms with Crippen LogP contribution in [0.3, 0.4) is 0 Å². The van der Waals surface area contributed by atoms with E-state index >= 15 is 0 Å². The van der Waals surface area contributed by atoms with Crippen LogP contribution in [0.15, 0.2) is 0 Å². The summed E-state index contributed by atoms with van der Waals surface area (Å²) in [5, 5.41) is 14.4. The molecular formula is C14H25N3O4. The molecule has 1 aliphatic carbocycles. The first-order chi connectivity index (χ1) is 9.80. The van der Waals surface area contributed by atoms with Gasteiger partial charge in [0.15, 0.2) is 0 Å². The number of carbonyl (C=O) groups excluding carboxylic acids is 2. The maximum absolute atomic E-state index is 11.9. The number of amides is 3. The minimum atomic E-state index is -1.22. The van der Waals surface area contributed by atoms with E-state index in [1.54, 1.807) is 7.05 Å². The molecule has 2 atom stereocenters. The zero-order chi connectivity index (χ0) is 16.0. The van der Waals surface area contributed by atoms with Crippen molar-refractivity contribution in [3.8, 4) is 0 Å². The van der Waals surface area contributed by atoms with E-state index in [-0.39, 0.29) is 18.4 Å². The minimum absolute atomic E-state index is 0.137. The number of likely N-dealkylation sites (N-methyl/N-ethyl adjacent to an activating group) is 1. The van der Waals surface area contributed by atoms with E-state index in [1.807, 2.05) is 13.8 Å². The number of hydrogen-bond acceptors (Lipinski definition) is 3. The highest BCUT2D eigenvalue weighted by molar-refractivity contribution is 5.88. The van der Waals surface area contributed by atoms with Gasteiger partial charge in [-0.3, -0.25) is 4.79 Å². The number of carboxylic acid groups (broad SMARTS) is 1. The van der Waals surface area contributed by atoms with Gasteiger partial charge in [0.05, 0.1) is 6.54 Å². The summed E-state index contributed by atoms with van der Waals surface area (Å²) >= 11 is 0. The predicted octanol–water partition coefficient (Wildman–Crippen LogP) is 0.797. The largest absolute Gasteiger partial charge is 0.480 e. The first kappa shape index (κ1) is 17.3. The Morgan fingerprint density at radius 3 is 2.57 bits per heavy atom. The normalized spacial score (nSPS) is 25.0. The molecule has 0 aromatic heterocycles. The van der Waals surface area contributed by atoms with Gasteiger partial charge in [0.1, 0.15) is 5.54 Å². The van der Waals surface area contributed by atoms with E-state index in [4.69, 9.17) is 0 Å². The van der Waals surface area contributed by atoms with Crippen LogP contribution >= 0.6 is 0 Å². The van der Waals surface area contributed by atoms with Gasteiger partial charge >= 0.3 is 12.0 Å². The molecule has 7 heteroatoms. The molecule has 0 aromatic rings. The van der Waals surface area contributed by atoms with Gasteiger partial charge < -0.3 is 20.6 Å². The van der Waals surface area contributed by atoms with Crippen LogP contribution in [0.2, 0.25) is 0 Å². The van der Waals surface area contributed by atoms with Gasteiger partial charge in [-0.05, 0) is 25.7 Å². The fourth-order valence-electron chi connectivity index (χ4n) is 2.64. The summed E-state index contributed by atoms with van der Waals surface area (Å²) in [7, 11) is 1.64. The van der Waals surface area contributed by atoms with Crippen molar-refractivity contribution in [3.63, 3.8) is 0 Å². The average Bonchev–Trinajstić information content (AvgIpc) is 2.43. The Hall–Kier alpha value is -1.79. The molecular weight excluding hydrogens is 274 g/mol. The van der Waals surface area contributed by atoms with Crippen LogP contribution < -0.4 is 10.6 Å².